The maximum atomic E-state index is 12.0. The Hall–Kier alpha value is -0.550. The summed E-state index contributed by atoms with van der Waals surface area (Å²) in [5.74, 6) is 0. The number of aromatic nitrogens is 2. The van der Waals surface area contributed by atoms with E-state index in [0.717, 1.165) is 0 Å². The van der Waals surface area contributed by atoms with E-state index >= 15 is 0 Å². The summed E-state index contributed by atoms with van der Waals surface area (Å²) in [5, 5.41) is -1.00. The largest absolute Gasteiger partial charge is 0.420 e. The van der Waals surface area contributed by atoms with E-state index in [9.17, 15) is 13.2 Å². The minimum Gasteiger partial charge on any atom is -0.226 e. The van der Waals surface area contributed by atoms with Crippen molar-refractivity contribution in [3.05, 3.63) is 22.2 Å². The molecule has 2 nitrogen and oxygen atoms in total. The Morgan fingerprint density at radius 3 is 2.07 bits per heavy atom. The van der Waals surface area contributed by atoms with Gasteiger partial charge in [-0.25, -0.2) is 9.97 Å². The molecule has 0 amide bonds. The smallest absolute Gasteiger partial charge is 0.226 e. The van der Waals surface area contributed by atoms with Gasteiger partial charge in [0.2, 0.25) is 5.28 Å². The first-order valence-corrected chi connectivity index (χ1v) is 4.42. The van der Waals surface area contributed by atoms with Crippen molar-refractivity contribution in [2.24, 2.45) is 0 Å². The highest BCUT2D eigenvalue weighted by molar-refractivity contribution is 6.32. The quantitative estimate of drug-likeness (QED) is 0.514. The van der Waals surface area contributed by atoms with E-state index < -0.39 is 16.9 Å². The van der Waals surface area contributed by atoms with Crippen LogP contribution in [0.15, 0.2) is 6.20 Å². The Labute approximate surface area is 89.1 Å². The van der Waals surface area contributed by atoms with Crippen LogP contribution in [0.5, 0.6) is 0 Å². The van der Waals surface area contributed by atoms with Crippen LogP contribution in [0.4, 0.5) is 13.2 Å². The van der Waals surface area contributed by atoms with E-state index in [2.05, 4.69) is 9.97 Å². The summed E-state index contributed by atoms with van der Waals surface area (Å²) in [6, 6.07) is 0. The van der Waals surface area contributed by atoms with Crippen molar-refractivity contribution >= 4 is 23.2 Å². The molecule has 0 aliphatic carbocycles. The van der Waals surface area contributed by atoms with Crippen LogP contribution in [-0.4, -0.2) is 9.97 Å². The number of hydrogen-bond acceptors (Lipinski definition) is 2. The van der Waals surface area contributed by atoms with Crippen molar-refractivity contribution in [1.29, 1.82) is 0 Å². The van der Waals surface area contributed by atoms with E-state index in [0.29, 0.717) is 6.20 Å². The summed E-state index contributed by atoms with van der Waals surface area (Å²) < 4.78 is 35.9. The van der Waals surface area contributed by atoms with Crippen LogP contribution in [0.1, 0.15) is 19.4 Å². The maximum absolute atomic E-state index is 12.0. The molecule has 0 aliphatic rings. The predicted octanol–water partition coefficient (Wildman–Crippen LogP) is 3.83. The van der Waals surface area contributed by atoms with Crippen LogP contribution in [0.2, 0.25) is 10.4 Å². The zero-order valence-corrected chi connectivity index (χ0v) is 8.87. The van der Waals surface area contributed by atoms with Crippen molar-refractivity contribution < 1.29 is 13.2 Å². The SMILES string of the molecule is CC.FC(F)(F)c1cnc(Cl)nc1Cl. The summed E-state index contributed by atoms with van der Waals surface area (Å²) in [6.45, 7) is 4.00. The maximum Gasteiger partial charge on any atom is 0.420 e. The molecule has 0 fully saturated rings. The topological polar surface area (TPSA) is 25.8 Å². The van der Waals surface area contributed by atoms with Crippen LogP contribution in [0.25, 0.3) is 0 Å². The fourth-order valence-electron chi connectivity index (χ4n) is 0.531. The molecule has 14 heavy (non-hydrogen) atoms. The van der Waals surface area contributed by atoms with Gasteiger partial charge in [0.05, 0.1) is 0 Å². The summed E-state index contributed by atoms with van der Waals surface area (Å²) >= 11 is 10.4. The van der Waals surface area contributed by atoms with Crippen LogP contribution >= 0.6 is 23.2 Å². The molecule has 0 saturated carbocycles. The van der Waals surface area contributed by atoms with Crippen molar-refractivity contribution in [2.45, 2.75) is 20.0 Å². The number of halogens is 5. The Kier molecular flexibility index (Phi) is 5.15. The average molecular weight is 247 g/mol. The van der Waals surface area contributed by atoms with E-state index in [1.54, 1.807) is 0 Å². The highest BCUT2D eigenvalue weighted by Crippen LogP contribution is 2.33. The van der Waals surface area contributed by atoms with Crippen LogP contribution in [0, 0.1) is 0 Å². The molecular weight excluding hydrogens is 240 g/mol. The molecule has 80 valence electrons. The fourth-order valence-corrected chi connectivity index (χ4v) is 0.944. The summed E-state index contributed by atoms with van der Waals surface area (Å²) in [6.07, 6.45) is -4.00. The number of hydrogen-bond donors (Lipinski definition) is 0. The van der Waals surface area contributed by atoms with Crippen molar-refractivity contribution in [3.8, 4) is 0 Å². The molecule has 1 aromatic rings. The predicted molar refractivity (Wildman–Crippen MR) is 48.4 cm³/mol. The molecular formula is C7H7Cl2F3N2. The van der Waals surface area contributed by atoms with Gasteiger partial charge in [-0.1, -0.05) is 25.4 Å². The lowest BCUT2D eigenvalue weighted by atomic mass is 10.3. The van der Waals surface area contributed by atoms with E-state index in [-0.39, 0.29) is 5.28 Å². The first-order valence-electron chi connectivity index (χ1n) is 3.66. The second-order valence-electron chi connectivity index (χ2n) is 1.84. The minimum absolute atomic E-state index is 0.312. The highest BCUT2D eigenvalue weighted by Gasteiger charge is 2.34. The lowest BCUT2D eigenvalue weighted by Crippen LogP contribution is -2.07. The zero-order chi connectivity index (χ0) is 11.4. The summed E-state index contributed by atoms with van der Waals surface area (Å²) in [5.41, 5.74) is -1.09. The Morgan fingerprint density at radius 2 is 1.71 bits per heavy atom. The third-order valence-corrected chi connectivity index (χ3v) is 1.49. The van der Waals surface area contributed by atoms with Gasteiger partial charge in [-0.05, 0) is 11.6 Å². The van der Waals surface area contributed by atoms with Crippen LogP contribution in [0.3, 0.4) is 0 Å². The summed E-state index contributed by atoms with van der Waals surface area (Å²) in [4.78, 5) is 6.30. The molecule has 0 unspecified atom stereocenters. The molecule has 0 radical (unpaired) electrons. The minimum atomic E-state index is -4.54. The molecule has 0 N–H and O–H groups in total. The zero-order valence-electron chi connectivity index (χ0n) is 7.36. The molecule has 0 bridgehead atoms. The van der Waals surface area contributed by atoms with E-state index in [4.69, 9.17) is 23.2 Å². The monoisotopic (exact) mass is 246 g/mol. The second-order valence-corrected chi connectivity index (χ2v) is 2.54. The van der Waals surface area contributed by atoms with Gasteiger partial charge in [-0.15, -0.1) is 0 Å². The molecule has 1 aromatic heterocycles. The van der Waals surface area contributed by atoms with Gasteiger partial charge < -0.3 is 0 Å². The lowest BCUT2D eigenvalue weighted by Gasteiger charge is -2.06. The van der Waals surface area contributed by atoms with Gasteiger partial charge in [-0.2, -0.15) is 13.2 Å². The molecule has 0 spiro atoms. The number of nitrogens with zero attached hydrogens (tertiary/aromatic N) is 2. The summed E-state index contributed by atoms with van der Waals surface area (Å²) in [7, 11) is 0. The van der Waals surface area contributed by atoms with Crippen molar-refractivity contribution in [2.75, 3.05) is 0 Å². The third-order valence-electron chi connectivity index (χ3n) is 1.02. The lowest BCUT2D eigenvalue weighted by molar-refractivity contribution is -0.138. The number of alkyl halides is 3. The molecule has 1 rings (SSSR count). The Balaban J connectivity index is 0.000000791. The Bertz CT molecular complexity index is 301. The second kappa shape index (κ2) is 5.36. The molecule has 1 heterocycles. The van der Waals surface area contributed by atoms with Crippen LogP contribution < -0.4 is 0 Å². The van der Waals surface area contributed by atoms with Gasteiger partial charge in [0.25, 0.3) is 0 Å². The standard InChI is InChI=1S/C5HCl2F3N2.C2H6/c6-3-2(5(8,9)10)1-11-4(7)12-3;1-2/h1H;1-2H3. The average Bonchev–Trinajstić information content (AvgIpc) is 2.05. The normalized spacial score (nSPS) is 10.5. The number of rotatable bonds is 0. The first kappa shape index (κ1) is 13.4. The Morgan fingerprint density at radius 1 is 1.21 bits per heavy atom. The fraction of sp³-hybridized carbons (Fsp3) is 0.429. The highest BCUT2D eigenvalue weighted by atomic mass is 35.5. The first-order chi connectivity index (χ1) is 6.41. The van der Waals surface area contributed by atoms with Crippen LogP contribution in [-0.2, 0) is 6.18 Å². The van der Waals surface area contributed by atoms with Gasteiger partial charge in [0, 0.05) is 6.20 Å². The third kappa shape index (κ3) is 3.67. The van der Waals surface area contributed by atoms with Gasteiger partial charge in [0.15, 0.2) is 0 Å². The molecule has 0 aliphatic heterocycles. The van der Waals surface area contributed by atoms with Crippen molar-refractivity contribution in [1.82, 2.24) is 9.97 Å². The molecule has 0 atom stereocenters. The molecule has 0 saturated heterocycles. The molecule has 7 heteroatoms. The van der Waals surface area contributed by atoms with Gasteiger partial charge >= 0.3 is 6.18 Å². The van der Waals surface area contributed by atoms with E-state index in [1.807, 2.05) is 13.8 Å². The van der Waals surface area contributed by atoms with Gasteiger partial charge in [0.1, 0.15) is 10.7 Å². The van der Waals surface area contributed by atoms with Gasteiger partial charge in [-0.3, -0.25) is 0 Å². The molecule has 0 aromatic carbocycles. The van der Waals surface area contributed by atoms with Crippen molar-refractivity contribution in [3.63, 3.8) is 0 Å². The van der Waals surface area contributed by atoms with E-state index in [1.165, 1.54) is 0 Å².